The first-order chi connectivity index (χ1) is 6.38. The van der Waals surface area contributed by atoms with E-state index in [1.807, 2.05) is 12.1 Å². The SMILES string of the molecule is O=c1[nH]cccc1[C@@H]1CCCCN1. The number of pyridine rings is 1. The van der Waals surface area contributed by atoms with Gasteiger partial charge < -0.3 is 10.3 Å². The Labute approximate surface area is 77.2 Å². The molecule has 0 saturated carbocycles. The topological polar surface area (TPSA) is 44.9 Å². The molecule has 3 heteroatoms. The van der Waals surface area contributed by atoms with Gasteiger partial charge in [0, 0.05) is 17.8 Å². The first-order valence-corrected chi connectivity index (χ1v) is 4.79. The highest BCUT2D eigenvalue weighted by atomic mass is 16.1. The first kappa shape index (κ1) is 8.51. The zero-order chi connectivity index (χ0) is 9.10. The first-order valence-electron chi connectivity index (χ1n) is 4.79. The molecular formula is C10H14N2O. The van der Waals surface area contributed by atoms with Crippen LogP contribution in [0.25, 0.3) is 0 Å². The molecule has 0 radical (unpaired) electrons. The van der Waals surface area contributed by atoms with Crippen molar-refractivity contribution in [2.75, 3.05) is 6.54 Å². The second kappa shape index (κ2) is 3.75. The highest BCUT2D eigenvalue weighted by Crippen LogP contribution is 2.19. The van der Waals surface area contributed by atoms with Gasteiger partial charge in [-0.25, -0.2) is 0 Å². The van der Waals surface area contributed by atoms with Crippen molar-refractivity contribution in [1.82, 2.24) is 10.3 Å². The van der Waals surface area contributed by atoms with Crippen LogP contribution < -0.4 is 10.9 Å². The van der Waals surface area contributed by atoms with Crippen molar-refractivity contribution >= 4 is 0 Å². The second-order valence-corrected chi connectivity index (χ2v) is 3.46. The maximum atomic E-state index is 11.4. The maximum Gasteiger partial charge on any atom is 0.252 e. The third-order valence-corrected chi connectivity index (χ3v) is 2.53. The van der Waals surface area contributed by atoms with E-state index in [-0.39, 0.29) is 11.6 Å². The fourth-order valence-corrected chi connectivity index (χ4v) is 1.83. The average Bonchev–Trinajstić information content (AvgIpc) is 2.20. The third kappa shape index (κ3) is 1.80. The summed E-state index contributed by atoms with van der Waals surface area (Å²) in [6.45, 7) is 1.03. The summed E-state index contributed by atoms with van der Waals surface area (Å²) in [6, 6.07) is 4.05. The zero-order valence-electron chi connectivity index (χ0n) is 7.55. The van der Waals surface area contributed by atoms with E-state index in [0.717, 1.165) is 18.5 Å². The third-order valence-electron chi connectivity index (χ3n) is 2.53. The molecule has 3 nitrogen and oxygen atoms in total. The van der Waals surface area contributed by atoms with Crippen LogP contribution in [-0.2, 0) is 0 Å². The van der Waals surface area contributed by atoms with Crippen LogP contribution in [-0.4, -0.2) is 11.5 Å². The van der Waals surface area contributed by atoms with Crippen molar-refractivity contribution in [1.29, 1.82) is 0 Å². The van der Waals surface area contributed by atoms with E-state index in [9.17, 15) is 4.79 Å². The highest BCUT2D eigenvalue weighted by molar-refractivity contribution is 5.14. The number of piperidine rings is 1. The van der Waals surface area contributed by atoms with Crippen molar-refractivity contribution in [2.24, 2.45) is 0 Å². The Hall–Kier alpha value is -1.09. The molecule has 1 fully saturated rings. The van der Waals surface area contributed by atoms with Crippen LogP contribution in [0, 0.1) is 0 Å². The number of H-pyrrole nitrogens is 1. The number of rotatable bonds is 1. The molecular weight excluding hydrogens is 164 g/mol. The van der Waals surface area contributed by atoms with E-state index in [1.54, 1.807) is 6.20 Å². The lowest BCUT2D eigenvalue weighted by Gasteiger charge is -2.22. The Morgan fingerprint density at radius 2 is 2.31 bits per heavy atom. The minimum absolute atomic E-state index is 0.0434. The quantitative estimate of drug-likeness (QED) is 0.678. The summed E-state index contributed by atoms with van der Waals surface area (Å²) < 4.78 is 0. The van der Waals surface area contributed by atoms with Crippen molar-refractivity contribution < 1.29 is 0 Å². The van der Waals surface area contributed by atoms with Crippen molar-refractivity contribution in [3.05, 3.63) is 34.2 Å². The van der Waals surface area contributed by atoms with E-state index in [4.69, 9.17) is 0 Å². The summed E-state index contributed by atoms with van der Waals surface area (Å²) in [7, 11) is 0. The van der Waals surface area contributed by atoms with E-state index < -0.39 is 0 Å². The Morgan fingerprint density at radius 1 is 1.38 bits per heavy atom. The molecule has 2 rings (SSSR count). The average molecular weight is 178 g/mol. The van der Waals surface area contributed by atoms with Gasteiger partial charge in [-0.2, -0.15) is 0 Å². The van der Waals surface area contributed by atoms with Crippen molar-refractivity contribution in [3.8, 4) is 0 Å². The molecule has 0 bridgehead atoms. The van der Waals surface area contributed by atoms with Gasteiger partial charge in [-0.05, 0) is 25.5 Å². The highest BCUT2D eigenvalue weighted by Gasteiger charge is 2.16. The van der Waals surface area contributed by atoms with Gasteiger partial charge >= 0.3 is 0 Å². The summed E-state index contributed by atoms with van der Waals surface area (Å²) in [4.78, 5) is 14.1. The van der Waals surface area contributed by atoms with Gasteiger partial charge in [-0.1, -0.05) is 12.5 Å². The molecule has 1 aliphatic rings. The van der Waals surface area contributed by atoms with Gasteiger partial charge in [0.1, 0.15) is 0 Å². The monoisotopic (exact) mass is 178 g/mol. The molecule has 0 aliphatic carbocycles. The van der Waals surface area contributed by atoms with E-state index in [0.29, 0.717) is 0 Å². The molecule has 1 aromatic rings. The molecule has 70 valence electrons. The van der Waals surface area contributed by atoms with Crippen molar-refractivity contribution in [3.63, 3.8) is 0 Å². The van der Waals surface area contributed by atoms with E-state index in [2.05, 4.69) is 10.3 Å². The molecule has 2 heterocycles. The van der Waals surface area contributed by atoms with Gasteiger partial charge in [0.2, 0.25) is 0 Å². The summed E-state index contributed by atoms with van der Waals surface area (Å²) in [6.07, 6.45) is 5.19. The van der Waals surface area contributed by atoms with E-state index >= 15 is 0 Å². The van der Waals surface area contributed by atoms with E-state index in [1.165, 1.54) is 12.8 Å². The predicted molar refractivity (Wildman–Crippen MR) is 51.7 cm³/mol. The zero-order valence-corrected chi connectivity index (χ0v) is 7.55. The summed E-state index contributed by atoms with van der Waals surface area (Å²) in [5.41, 5.74) is 0.920. The summed E-state index contributed by atoms with van der Waals surface area (Å²) in [5.74, 6) is 0. The second-order valence-electron chi connectivity index (χ2n) is 3.46. The lowest BCUT2D eigenvalue weighted by Crippen LogP contribution is -2.31. The van der Waals surface area contributed by atoms with Crippen LogP contribution >= 0.6 is 0 Å². The van der Waals surface area contributed by atoms with Gasteiger partial charge in [0.15, 0.2) is 0 Å². The van der Waals surface area contributed by atoms with Gasteiger partial charge in [-0.15, -0.1) is 0 Å². The molecule has 0 unspecified atom stereocenters. The minimum Gasteiger partial charge on any atom is -0.329 e. The molecule has 1 aromatic heterocycles. The molecule has 0 spiro atoms. The molecule has 0 amide bonds. The Balaban J connectivity index is 2.24. The Bertz CT molecular complexity index is 326. The Kier molecular flexibility index (Phi) is 2.45. The minimum atomic E-state index is 0.0434. The van der Waals surface area contributed by atoms with Crippen molar-refractivity contribution in [2.45, 2.75) is 25.3 Å². The fraction of sp³-hybridized carbons (Fsp3) is 0.500. The lowest BCUT2D eigenvalue weighted by molar-refractivity contribution is 0.410. The number of aromatic nitrogens is 1. The molecule has 1 saturated heterocycles. The van der Waals surface area contributed by atoms with Gasteiger partial charge in [-0.3, -0.25) is 4.79 Å². The maximum absolute atomic E-state index is 11.4. The largest absolute Gasteiger partial charge is 0.329 e. The van der Waals surface area contributed by atoms with Crippen LogP contribution in [0.1, 0.15) is 30.9 Å². The summed E-state index contributed by atoms with van der Waals surface area (Å²) in [5, 5.41) is 3.36. The number of aromatic amines is 1. The van der Waals surface area contributed by atoms with Crippen LogP contribution in [0.2, 0.25) is 0 Å². The molecule has 2 N–H and O–H groups in total. The Morgan fingerprint density at radius 3 is 3.00 bits per heavy atom. The molecule has 0 aromatic carbocycles. The normalized spacial score (nSPS) is 22.9. The molecule has 1 atom stereocenters. The molecule has 1 aliphatic heterocycles. The predicted octanol–water partition coefficient (Wildman–Crippen LogP) is 1.19. The number of hydrogen-bond donors (Lipinski definition) is 2. The van der Waals surface area contributed by atoms with Crippen LogP contribution in [0.4, 0.5) is 0 Å². The van der Waals surface area contributed by atoms with Crippen LogP contribution in [0.3, 0.4) is 0 Å². The fourth-order valence-electron chi connectivity index (χ4n) is 1.83. The standard InChI is InChI=1S/C10H14N2O/c13-10-8(4-3-7-12-10)9-5-1-2-6-11-9/h3-4,7,9,11H,1-2,5-6H2,(H,12,13)/t9-/m0/s1. The lowest BCUT2D eigenvalue weighted by atomic mass is 9.99. The smallest absolute Gasteiger partial charge is 0.252 e. The van der Waals surface area contributed by atoms with Gasteiger partial charge in [0.25, 0.3) is 5.56 Å². The van der Waals surface area contributed by atoms with Crippen LogP contribution in [0.15, 0.2) is 23.1 Å². The van der Waals surface area contributed by atoms with Crippen LogP contribution in [0.5, 0.6) is 0 Å². The summed E-state index contributed by atoms with van der Waals surface area (Å²) >= 11 is 0. The molecule has 13 heavy (non-hydrogen) atoms. The van der Waals surface area contributed by atoms with Gasteiger partial charge in [0.05, 0.1) is 0 Å². The number of nitrogens with one attached hydrogen (secondary N) is 2. The number of hydrogen-bond acceptors (Lipinski definition) is 2.